The molecule has 1 atom stereocenters. The van der Waals surface area contributed by atoms with Crippen molar-refractivity contribution in [3.05, 3.63) is 82.9 Å². The molecule has 1 heterocycles. The second kappa shape index (κ2) is 6.16. The maximum atomic E-state index is 12.7. The first-order valence-corrected chi connectivity index (χ1v) is 8.49. The third-order valence-electron chi connectivity index (χ3n) is 4.64. The van der Waals surface area contributed by atoms with E-state index in [0.29, 0.717) is 27.6 Å². The van der Waals surface area contributed by atoms with E-state index in [9.17, 15) is 9.90 Å². The van der Waals surface area contributed by atoms with Crippen molar-refractivity contribution in [3.8, 4) is 16.9 Å². The molecule has 0 aromatic heterocycles. The third-order valence-corrected chi connectivity index (χ3v) is 4.88. The zero-order valence-electron chi connectivity index (χ0n) is 14.0. The number of aliphatic hydroxyl groups is 1. The molecular weight excluding hydrogens is 350 g/mol. The molecule has 0 spiro atoms. The van der Waals surface area contributed by atoms with Gasteiger partial charge in [-0.1, -0.05) is 48.0 Å². The van der Waals surface area contributed by atoms with Crippen LogP contribution in [0, 0.1) is 0 Å². The van der Waals surface area contributed by atoms with Crippen LogP contribution in [0.25, 0.3) is 11.1 Å². The molecule has 0 fully saturated rings. The lowest BCUT2D eigenvalue weighted by atomic mass is 9.85. The van der Waals surface area contributed by atoms with Crippen LogP contribution in [0.3, 0.4) is 0 Å². The fourth-order valence-electron chi connectivity index (χ4n) is 3.33. The predicted molar refractivity (Wildman–Crippen MR) is 102 cm³/mol. The van der Waals surface area contributed by atoms with Crippen LogP contribution in [0.5, 0.6) is 5.75 Å². The highest BCUT2D eigenvalue weighted by molar-refractivity contribution is 6.31. The van der Waals surface area contributed by atoms with Crippen molar-refractivity contribution in [2.75, 3.05) is 12.4 Å². The highest BCUT2D eigenvalue weighted by Crippen LogP contribution is 2.46. The summed E-state index contributed by atoms with van der Waals surface area (Å²) in [6.45, 7) is 0. The molecule has 0 radical (unpaired) electrons. The van der Waals surface area contributed by atoms with E-state index in [1.165, 1.54) is 7.11 Å². The van der Waals surface area contributed by atoms with E-state index in [1.807, 2.05) is 36.4 Å². The summed E-state index contributed by atoms with van der Waals surface area (Å²) in [6.07, 6.45) is 0. The smallest absolute Gasteiger partial charge is 0.266 e. The van der Waals surface area contributed by atoms with Gasteiger partial charge in [0.2, 0.25) is 0 Å². The molecule has 2 N–H and O–H groups in total. The summed E-state index contributed by atoms with van der Waals surface area (Å²) in [6, 6.07) is 20.1. The number of rotatable bonds is 3. The second-order valence-electron chi connectivity index (χ2n) is 6.14. The minimum absolute atomic E-state index is 0.375. The van der Waals surface area contributed by atoms with E-state index in [-0.39, 0.29) is 0 Å². The predicted octanol–water partition coefficient (Wildman–Crippen LogP) is 4.20. The Hall–Kier alpha value is -2.82. The van der Waals surface area contributed by atoms with Gasteiger partial charge in [0, 0.05) is 21.8 Å². The van der Waals surface area contributed by atoms with Crippen LogP contribution in [0.1, 0.15) is 11.1 Å². The van der Waals surface area contributed by atoms with Gasteiger partial charge in [0.1, 0.15) is 5.75 Å². The Morgan fingerprint density at radius 2 is 1.73 bits per heavy atom. The van der Waals surface area contributed by atoms with Crippen molar-refractivity contribution in [2.24, 2.45) is 0 Å². The van der Waals surface area contributed by atoms with E-state index >= 15 is 0 Å². The number of benzene rings is 3. The number of methoxy groups -OCH3 is 1. The molecule has 3 aromatic carbocycles. The molecule has 1 aliphatic rings. The summed E-state index contributed by atoms with van der Waals surface area (Å²) >= 11 is 6.11. The van der Waals surface area contributed by atoms with Crippen LogP contribution in [0.2, 0.25) is 5.02 Å². The molecule has 26 heavy (non-hydrogen) atoms. The van der Waals surface area contributed by atoms with Gasteiger partial charge in [0.15, 0.2) is 5.60 Å². The zero-order valence-corrected chi connectivity index (χ0v) is 14.7. The van der Waals surface area contributed by atoms with Crippen molar-refractivity contribution < 1.29 is 14.6 Å². The lowest BCUT2D eigenvalue weighted by molar-refractivity contribution is -0.129. The van der Waals surface area contributed by atoms with Crippen molar-refractivity contribution in [1.29, 1.82) is 0 Å². The fourth-order valence-corrected chi connectivity index (χ4v) is 3.50. The number of anilines is 1. The molecule has 4 rings (SSSR count). The summed E-state index contributed by atoms with van der Waals surface area (Å²) in [4.78, 5) is 12.7. The Labute approximate surface area is 156 Å². The minimum atomic E-state index is -1.88. The quantitative estimate of drug-likeness (QED) is 0.731. The Morgan fingerprint density at radius 3 is 2.46 bits per heavy atom. The van der Waals surface area contributed by atoms with E-state index in [0.717, 1.165) is 11.1 Å². The standard InChI is InChI=1S/C21H16ClNO3/c1-26-19-10-7-14(13-5-3-2-4-6-13)11-17(19)21(25)16-12-15(22)8-9-18(16)23-20(21)24/h2-12,25H,1H3,(H,23,24). The number of hydrogen-bond donors (Lipinski definition) is 2. The number of halogens is 1. The zero-order chi connectivity index (χ0) is 18.3. The Kier molecular flexibility index (Phi) is 3.94. The Morgan fingerprint density at radius 1 is 0.962 bits per heavy atom. The first-order chi connectivity index (χ1) is 12.5. The summed E-state index contributed by atoms with van der Waals surface area (Å²) in [5.41, 5.74) is 1.30. The molecule has 5 heteroatoms. The second-order valence-corrected chi connectivity index (χ2v) is 6.57. The fraction of sp³-hybridized carbons (Fsp3) is 0.0952. The monoisotopic (exact) mass is 365 g/mol. The van der Waals surface area contributed by atoms with Crippen LogP contribution in [-0.2, 0) is 10.4 Å². The molecule has 1 unspecified atom stereocenters. The molecule has 0 bridgehead atoms. The van der Waals surface area contributed by atoms with Gasteiger partial charge in [-0.15, -0.1) is 0 Å². The van der Waals surface area contributed by atoms with Gasteiger partial charge in [-0.2, -0.15) is 0 Å². The van der Waals surface area contributed by atoms with E-state index in [2.05, 4.69) is 5.32 Å². The highest BCUT2D eigenvalue weighted by Gasteiger charge is 2.48. The summed E-state index contributed by atoms with van der Waals surface area (Å²) in [5, 5.41) is 14.6. The van der Waals surface area contributed by atoms with Gasteiger partial charge in [0.05, 0.1) is 7.11 Å². The maximum absolute atomic E-state index is 12.7. The molecule has 3 aromatic rings. The van der Waals surface area contributed by atoms with E-state index < -0.39 is 11.5 Å². The molecular formula is C21H16ClNO3. The van der Waals surface area contributed by atoms with Crippen LogP contribution < -0.4 is 10.1 Å². The lowest BCUT2D eigenvalue weighted by Gasteiger charge is -2.24. The molecule has 0 saturated heterocycles. The number of ether oxygens (including phenoxy) is 1. The summed E-state index contributed by atoms with van der Waals surface area (Å²) in [5.74, 6) is -0.103. The van der Waals surface area contributed by atoms with E-state index in [4.69, 9.17) is 16.3 Å². The summed E-state index contributed by atoms with van der Waals surface area (Å²) in [7, 11) is 1.51. The third kappa shape index (κ3) is 2.46. The molecule has 0 aliphatic carbocycles. The number of fused-ring (bicyclic) bond motifs is 1. The van der Waals surface area contributed by atoms with Gasteiger partial charge in [-0.05, 0) is 41.5 Å². The first-order valence-electron chi connectivity index (χ1n) is 8.12. The number of nitrogens with one attached hydrogen (secondary N) is 1. The topological polar surface area (TPSA) is 58.6 Å². The first kappa shape index (κ1) is 16.6. The van der Waals surface area contributed by atoms with E-state index in [1.54, 1.807) is 30.3 Å². The Bertz CT molecular complexity index is 1000. The van der Waals surface area contributed by atoms with Gasteiger partial charge in [-0.25, -0.2) is 0 Å². The van der Waals surface area contributed by atoms with Gasteiger partial charge >= 0.3 is 0 Å². The van der Waals surface area contributed by atoms with Gasteiger partial charge in [-0.3, -0.25) is 4.79 Å². The highest BCUT2D eigenvalue weighted by atomic mass is 35.5. The molecule has 4 nitrogen and oxygen atoms in total. The average Bonchev–Trinajstić information content (AvgIpc) is 2.93. The van der Waals surface area contributed by atoms with Gasteiger partial charge < -0.3 is 15.2 Å². The molecule has 0 saturated carbocycles. The molecule has 130 valence electrons. The molecule has 1 amide bonds. The Balaban J connectivity index is 1.95. The largest absolute Gasteiger partial charge is 0.496 e. The van der Waals surface area contributed by atoms with Crippen LogP contribution in [-0.4, -0.2) is 18.1 Å². The molecule has 1 aliphatic heterocycles. The SMILES string of the molecule is COc1ccc(-c2ccccc2)cc1C1(O)C(=O)Nc2ccc(Cl)cc21. The van der Waals surface area contributed by atoms with Crippen LogP contribution in [0.15, 0.2) is 66.7 Å². The lowest BCUT2D eigenvalue weighted by Crippen LogP contribution is -2.35. The normalized spacial score (nSPS) is 18.3. The van der Waals surface area contributed by atoms with Crippen molar-refractivity contribution in [3.63, 3.8) is 0 Å². The van der Waals surface area contributed by atoms with Crippen molar-refractivity contribution in [1.82, 2.24) is 0 Å². The van der Waals surface area contributed by atoms with Crippen LogP contribution in [0.4, 0.5) is 5.69 Å². The number of carbonyl (C=O) groups excluding carboxylic acids is 1. The number of hydrogen-bond acceptors (Lipinski definition) is 3. The average molecular weight is 366 g/mol. The number of carbonyl (C=O) groups is 1. The van der Waals surface area contributed by atoms with Crippen LogP contribution >= 0.6 is 11.6 Å². The van der Waals surface area contributed by atoms with Gasteiger partial charge in [0.25, 0.3) is 5.91 Å². The maximum Gasteiger partial charge on any atom is 0.266 e. The number of amides is 1. The minimum Gasteiger partial charge on any atom is -0.496 e. The van der Waals surface area contributed by atoms with Crippen molar-refractivity contribution in [2.45, 2.75) is 5.60 Å². The van der Waals surface area contributed by atoms with Crippen molar-refractivity contribution >= 4 is 23.2 Å². The summed E-state index contributed by atoms with van der Waals surface area (Å²) < 4.78 is 5.43.